The maximum absolute atomic E-state index is 12.2. The van der Waals surface area contributed by atoms with Gasteiger partial charge in [-0.15, -0.1) is 0 Å². The second-order valence-corrected chi connectivity index (χ2v) is 6.31. The van der Waals surface area contributed by atoms with Crippen molar-refractivity contribution in [3.63, 3.8) is 0 Å². The number of β-lactam (4-membered cyclic amide) rings is 1. The van der Waals surface area contributed by atoms with Crippen LogP contribution in [0.1, 0.15) is 19.8 Å². The summed E-state index contributed by atoms with van der Waals surface area (Å²) in [5.74, 6) is -0.775. The van der Waals surface area contributed by atoms with Crippen molar-refractivity contribution in [1.82, 2.24) is 4.90 Å². The molecule has 2 saturated heterocycles. The Balaban J connectivity index is 1.60. The van der Waals surface area contributed by atoms with Crippen molar-refractivity contribution in [3.8, 4) is 0 Å². The summed E-state index contributed by atoms with van der Waals surface area (Å²) in [6.07, 6.45) is 1.03. The second kappa shape index (κ2) is 5.57. The summed E-state index contributed by atoms with van der Waals surface area (Å²) in [6.45, 7) is 3.01. The molecule has 0 radical (unpaired) electrons. The van der Waals surface area contributed by atoms with E-state index in [9.17, 15) is 19.5 Å². The first-order valence-electron chi connectivity index (χ1n) is 7.59. The molecule has 0 bridgehead atoms. The van der Waals surface area contributed by atoms with Gasteiger partial charge in [0.2, 0.25) is 5.91 Å². The number of benzene rings is 1. The maximum Gasteiger partial charge on any atom is 0.321 e. The number of rotatable bonds is 3. The van der Waals surface area contributed by atoms with E-state index < -0.39 is 11.4 Å². The molecule has 1 aromatic carbocycles. The summed E-state index contributed by atoms with van der Waals surface area (Å²) in [4.78, 5) is 38.0. The zero-order chi connectivity index (χ0) is 16.6. The molecule has 3 rings (SSSR count). The molecule has 7 heteroatoms. The Morgan fingerprint density at radius 3 is 2.39 bits per heavy atom. The molecule has 0 aromatic heterocycles. The van der Waals surface area contributed by atoms with Gasteiger partial charge in [0.1, 0.15) is 0 Å². The van der Waals surface area contributed by atoms with Crippen LogP contribution < -0.4 is 10.2 Å². The van der Waals surface area contributed by atoms with Crippen LogP contribution in [0.3, 0.4) is 0 Å². The number of nitrogens with one attached hydrogen (secondary N) is 1. The smallest absolute Gasteiger partial charge is 0.321 e. The fourth-order valence-electron chi connectivity index (χ4n) is 2.82. The Morgan fingerprint density at radius 1 is 1.22 bits per heavy atom. The van der Waals surface area contributed by atoms with Crippen molar-refractivity contribution in [2.24, 2.45) is 5.41 Å². The van der Waals surface area contributed by atoms with E-state index in [2.05, 4.69) is 5.32 Å². The highest BCUT2D eigenvalue weighted by molar-refractivity contribution is 5.99. The first-order valence-corrected chi connectivity index (χ1v) is 7.59. The molecule has 2 aliphatic heterocycles. The summed E-state index contributed by atoms with van der Waals surface area (Å²) < 4.78 is 0. The van der Waals surface area contributed by atoms with E-state index in [0.29, 0.717) is 25.1 Å². The number of carboxylic acids is 1. The summed E-state index contributed by atoms with van der Waals surface area (Å²) in [7, 11) is 0. The van der Waals surface area contributed by atoms with Crippen LogP contribution in [-0.4, -0.2) is 47.5 Å². The minimum absolute atomic E-state index is 0.104. The number of hydrogen-bond donors (Lipinski definition) is 2. The summed E-state index contributed by atoms with van der Waals surface area (Å²) in [5, 5.41) is 12.0. The number of anilines is 2. The van der Waals surface area contributed by atoms with Crippen LogP contribution in [0.25, 0.3) is 0 Å². The average molecular weight is 317 g/mol. The quantitative estimate of drug-likeness (QED) is 0.831. The molecule has 2 N–H and O–H groups in total. The van der Waals surface area contributed by atoms with Crippen molar-refractivity contribution in [3.05, 3.63) is 24.3 Å². The molecule has 3 amide bonds. The van der Waals surface area contributed by atoms with Crippen molar-refractivity contribution in [2.75, 3.05) is 29.9 Å². The van der Waals surface area contributed by atoms with Crippen LogP contribution in [0.15, 0.2) is 24.3 Å². The van der Waals surface area contributed by atoms with E-state index in [1.807, 2.05) is 0 Å². The maximum atomic E-state index is 12.2. The molecule has 1 aromatic rings. The van der Waals surface area contributed by atoms with Gasteiger partial charge in [0.15, 0.2) is 0 Å². The number of carbonyl (C=O) groups excluding carboxylic acids is 2. The van der Waals surface area contributed by atoms with Crippen LogP contribution in [0, 0.1) is 5.41 Å². The van der Waals surface area contributed by atoms with Crippen molar-refractivity contribution in [1.29, 1.82) is 0 Å². The highest BCUT2D eigenvalue weighted by atomic mass is 16.4. The molecule has 1 unspecified atom stereocenters. The van der Waals surface area contributed by atoms with Gasteiger partial charge < -0.3 is 20.2 Å². The number of aliphatic carboxylic acids is 1. The molecule has 2 fully saturated rings. The van der Waals surface area contributed by atoms with E-state index in [1.54, 1.807) is 36.1 Å². The zero-order valence-corrected chi connectivity index (χ0v) is 12.9. The van der Waals surface area contributed by atoms with Crippen LogP contribution in [0.2, 0.25) is 0 Å². The number of carboxylic acid groups (broad SMARTS) is 1. The van der Waals surface area contributed by atoms with Gasteiger partial charge in [-0.05, 0) is 37.6 Å². The lowest BCUT2D eigenvalue weighted by Crippen LogP contribution is -2.43. The van der Waals surface area contributed by atoms with Crippen LogP contribution in [0.4, 0.5) is 16.2 Å². The average Bonchev–Trinajstić information content (AvgIpc) is 2.92. The summed E-state index contributed by atoms with van der Waals surface area (Å²) in [5.41, 5.74) is 0.563. The first kappa shape index (κ1) is 15.3. The third-order valence-corrected chi connectivity index (χ3v) is 4.56. The van der Waals surface area contributed by atoms with Gasteiger partial charge in [0, 0.05) is 37.4 Å². The Bertz CT molecular complexity index is 658. The molecule has 0 aliphatic carbocycles. The Morgan fingerprint density at radius 2 is 1.91 bits per heavy atom. The first-order chi connectivity index (χ1) is 10.9. The largest absolute Gasteiger partial charge is 0.481 e. The van der Waals surface area contributed by atoms with E-state index >= 15 is 0 Å². The van der Waals surface area contributed by atoms with Crippen LogP contribution in [0.5, 0.6) is 0 Å². The highest BCUT2D eigenvalue weighted by Crippen LogP contribution is 2.30. The van der Waals surface area contributed by atoms with Gasteiger partial charge in [-0.1, -0.05) is 0 Å². The van der Waals surface area contributed by atoms with Gasteiger partial charge in [-0.25, -0.2) is 4.79 Å². The minimum Gasteiger partial charge on any atom is -0.481 e. The van der Waals surface area contributed by atoms with Crippen molar-refractivity contribution >= 4 is 29.3 Å². The highest BCUT2D eigenvalue weighted by Gasteiger charge is 2.42. The van der Waals surface area contributed by atoms with Crippen molar-refractivity contribution in [2.45, 2.75) is 19.8 Å². The van der Waals surface area contributed by atoms with E-state index in [-0.39, 0.29) is 18.5 Å². The van der Waals surface area contributed by atoms with Gasteiger partial charge in [-0.2, -0.15) is 0 Å². The Kier molecular flexibility index (Phi) is 3.71. The molecule has 1 atom stereocenters. The normalized spacial score (nSPS) is 23.6. The standard InChI is InChI=1S/C16H19N3O4/c1-16(14(21)22)7-9-18(10-16)15(23)17-11-2-4-12(5-3-11)19-8-6-13(19)20/h2-5H,6-10H2,1H3,(H,17,23)(H,21,22). The van der Waals surface area contributed by atoms with E-state index in [0.717, 1.165) is 12.2 Å². The number of likely N-dealkylation sites (tertiary alicyclic amines) is 1. The van der Waals surface area contributed by atoms with Gasteiger partial charge in [-0.3, -0.25) is 9.59 Å². The van der Waals surface area contributed by atoms with Crippen molar-refractivity contribution < 1.29 is 19.5 Å². The molecule has 122 valence electrons. The molecule has 0 spiro atoms. The number of carbonyl (C=O) groups is 3. The lowest BCUT2D eigenvalue weighted by atomic mass is 9.90. The third-order valence-electron chi connectivity index (χ3n) is 4.56. The lowest BCUT2D eigenvalue weighted by Gasteiger charge is -2.30. The molecular formula is C16H19N3O4. The number of urea groups is 1. The molecule has 2 heterocycles. The number of amides is 3. The monoisotopic (exact) mass is 317 g/mol. The number of hydrogen-bond acceptors (Lipinski definition) is 3. The lowest BCUT2D eigenvalue weighted by molar-refractivity contribution is -0.147. The minimum atomic E-state index is -0.878. The summed E-state index contributed by atoms with van der Waals surface area (Å²) >= 11 is 0. The fourth-order valence-corrected chi connectivity index (χ4v) is 2.82. The molecular weight excluding hydrogens is 298 g/mol. The van der Waals surface area contributed by atoms with Gasteiger partial charge in [0.25, 0.3) is 0 Å². The zero-order valence-electron chi connectivity index (χ0n) is 12.9. The third kappa shape index (κ3) is 2.86. The summed E-state index contributed by atoms with van der Waals surface area (Å²) in [6, 6.07) is 6.76. The molecule has 0 saturated carbocycles. The molecule has 23 heavy (non-hydrogen) atoms. The predicted octanol–water partition coefficient (Wildman–Crippen LogP) is 1.75. The van der Waals surface area contributed by atoms with Gasteiger partial charge in [0.05, 0.1) is 5.41 Å². The molecule has 7 nitrogen and oxygen atoms in total. The van der Waals surface area contributed by atoms with Gasteiger partial charge >= 0.3 is 12.0 Å². The number of nitrogens with zero attached hydrogens (tertiary/aromatic N) is 2. The van der Waals surface area contributed by atoms with E-state index in [1.165, 1.54) is 4.90 Å². The van der Waals surface area contributed by atoms with Crippen LogP contribution in [-0.2, 0) is 9.59 Å². The SMILES string of the molecule is CC1(C(=O)O)CCN(C(=O)Nc2ccc(N3CCC3=O)cc2)C1. The molecule has 2 aliphatic rings. The Hall–Kier alpha value is -2.57. The second-order valence-electron chi connectivity index (χ2n) is 6.31. The predicted molar refractivity (Wildman–Crippen MR) is 84.4 cm³/mol. The topological polar surface area (TPSA) is 89.9 Å². The van der Waals surface area contributed by atoms with E-state index in [4.69, 9.17) is 0 Å². The fraction of sp³-hybridized carbons (Fsp3) is 0.438. The van der Waals surface area contributed by atoms with Crippen LogP contribution >= 0.6 is 0 Å². The Labute approximate surface area is 133 Å².